The van der Waals surface area contributed by atoms with Gasteiger partial charge in [-0.1, -0.05) is 18.6 Å². The second-order valence-electron chi connectivity index (χ2n) is 6.19. The summed E-state index contributed by atoms with van der Waals surface area (Å²) in [6.45, 7) is 7.38. The van der Waals surface area contributed by atoms with Gasteiger partial charge in [0.15, 0.2) is 0 Å². The first-order valence-electron chi connectivity index (χ1n) is 7.60. The summed E-state index contributed by atoms with van der Waals surface area (Å²) in [4.78, 5) is 23.2. The van der Waals surface area contributed by atoms with Crippen LogP contribution < -0.4 is 0 Å². The third-order valence-corrected chi connectivity index (χ3v) is 4.44. The Morgan fingerprint density at radius 3 is 2.76 bits per heavy atom. The van der Waals surface area contributed by atoms with Crippen LogP contribution >= 0.6 is 0 Å². The van der Waals surface area contributed by atoms with Gasteiger partial charge in [0.05, 0.1) is 5.92 Å². The number of ether oxygens (including phenoxy) is 2. The molecule has 0 aromatic heterocycles. The Kier molecular flexibility index (Phi) is 4.86. The molecule has 0 spiro atoms. The average molecular weight is 292 g/mol. The van der Waals surface area contributed by atoms with Crippen LogP contribution in [0.3, 0.4) is 0 Å². The van der Waals surface area contributed by atoms with Gasteiger partial charge in [-0.05, 0) is 44.8 Å². The summed E-state index contributed by atoms with van der Waals surface area (Å²) in [5.74, 6) is -0.551. The van der Waals surface area contributed by atoms with E-state index in [1.165, 1.54) is 12.5 Å². The Balaban J connectivity index is 2.29. The van der Waals surface area contributed by atoms with Gasteiger partial charge in [-0.15, -0.1) is 0 Å². The van der Waals surface area contributed by atoms with Crippen molar-refractivity contribution in [3.05, 3.63) is 23.3 Å². The molecule has 1 fully saturated rings. The van der Waals surface area contributed by atoms with E-state index in [2.05, 4.69) is 19.1 Å². The SMILES string of the molecule is CC(=O)OC1C[C@H]2[C@H](C)C(=O)O[C@@H]2/C=C(\C)CC/C=C/1C. The zero-order chi connectivity index (χ0) is 15.6. The lowest BCUT2D eigenvalue weighted by Gasteiger charge is -2.25. The Morgan fingerprint density at radius 1 is 1.38 bits per heavy atom. The van der Waals surface area contributed by atoms with E-state index >= 15 is 0 Å². The van der Waals surface area contributed by atoms with Crippen molar-refractivity contribution >= 4 is 11.9 Å². The topological polar surface area (TPSA) is 52.6 Å². The predicted molar refractivity (Wildman–Crippen MR) is 79.5 cm³/mol. The van der Waals surface area contributed by atoms with Crippen molar-refractivity contribution in [1.29, 1.82) is 0 Å². The zero-order valence-electron chi connectivity index (χ0n) is 13.2. The molecule has 1 aliphatic heterocycles. The van der Waals surface area contributed by atoms with Gasteiger partial charge < -0.3 is 9.47 Å². The minimum Gasteiger partial charge on any atom is -0.458 e. The Labute approximate surface area is 126 Å². The lowest BCUT2D eigenvalue weighted by molar-refractivity contribution is -0.145. The van der Waals surface area contributed by atoms with Gasteiger partial charge in [0, 0.05) is 12.8 Å². The summed E-state index contributed by atoms with van der Waals surface area (Å²) in [6, 6.07) is 0. The molecule has 21 heavy (non-hydrogen) atoms. The molecule has 1 saturated heterocycles. The highest BCUT2D eigenvalue weighted by atomic mass is 16.6. The Morgan fingerprint density at radius 2 is 2.10 bits per heavy atom. The van der Waals surface area contributed by atoms with Crippen molar-refractivity contribution in [2.24, 2.45) is 11.8 Å². The fourth-order valence-corrected chi connectivity index (χ4v) is 3.08. The highest BCUT2D eigenvalue weighted by molar-refractivity contribution is 5.75. The molecule has 0 bridgehead atoms. The molecule has 1 aliphatic carbocycles. The molecule has 2 aliphatic rings. The van der Waals surface area contributed by atoms with E-state index in [0.717, 1.165) is 18.4 Å². The van der Waals surface area contributed by atoms with E-state index in [0.29, 0.717) is 6.42 Å². The maximum atomic E-state index is 11.9. The van der Waals surface area contributed by atoms with Gasteiger partial charge in [-0.2, -0.15) is 0 Å². The van der Waals surface area contributed by atoms with Crippen LogP contribution in [0.25, 0.3) is 0 Å². The van der Waals surface area contributed by atoms with Crippen LogP contribution in [-0.4, -0.2) is 24.1 Å². The highest BCUT2D eigenvalue weighted by Gasteiger charge is 2.42. The van der Waals surface area contributed by atoms with E-state index in [1.54, 1.807) is 0 Å². The molecule has 2 rings (SSSR count). The molecule has 4 nitrogen and oxygen atoms in total. The smallest absolute Gasteiger partial charge is 0.309 e. The maximum absolute atomic E-state index is 11.9. The second-order valence-corrected chi connectivity index (χ2v) is 6.19. The number of allylic oxidation sites excluding steroid dienone is 2. The zero-order valence-corrected chi connectivity index (χ0v) is 13.2. The van der Waals surface area contributed by atoms with Gasteiger partial charge in [0.25, 0.3) is 0 Å². The molecule has 0 aromatic carbocycles. The summed E-state index contributed by atoms with van der Waals surface area (Å²) in [5.41, 5.74) is 2.30. The quantitative estimate of drug-likeness (QED) is 0.550. The van der Waals surface area contributed by atoms with Gasteiger partial charge in [-0.25, -0.2) is 0 Å². The summed E-state index contributed by atoms with van der Waals surface area (Å²) in [7, 11) is 0. The summed E-state index contributed by atoms with van der Waals surface area (Å²) in [5, 5.41) is 0. The lowest BCUT2D eigenvalue weighted by Crippen LogP contribution is -2.28. The summed E-state index contributed by atoms with van der Waals surface area (Å²) in [6.07, 6.45) is 6.20. The van der Waals surface area contributed by atoms with Crippen LogP contribution in [0.2, 0.25) is 0 Å². The standard InChI is InChI=1S/C17H24O4/c1-10-6-5-7-11(2)15(20-13(4)18)9-14-12(3)17(19)21-16(14)8-10/h7-8,12,14-16H,5-6,9H2,1-4H3/b10-8+,11-7+/t12-,14-,15?,16+/m0/s1. The van der Waals surface area contributed by atoms with Crippen LogP contribution in [-0.2, 0) is 19.1 Å². The number of hydrogen-bond donors (Lipinski definition) is 0. The normalized spacial score (nSPS) is 38.4. The first-order chi connectivity index (χ1) is 9.88. The van der Waals surface area contributed by atoms with Crippen LogP contribution in [0.1, 0.15) is 47.0 Å². The van der Waals surface area contributed by atoms with Crippen molar-refractivity contribution in [3.63, 3.8) is 0 Å². The molecule has 1 heterocycles. The van der Waals surface area contributed by atoms with E-state index < -0.39 is 0 Å². The number of carbonyl (C=O) groups is 2. The molecule has 0 amide bonds. The van der Waals surface area contributed by atoms with Gasteiger partial charge >= 0.3 is 11.9 Å². The number of rotatable bonds is 1. The average Bonchev–Trinajstić information content (AvgIpc) is 2.64. The van der Waals surface area contributed by atoms with E-state index in [1.807, 2.05) is 13.8 Å². The summed E-state index contributed by atoms with van der Waals surface area (Å²) < 4.78 is 11.0. The molecule has 0 radical (unpaired) electrons. The highest BCUT2D eigenvalue weighted by Crippen LogP contribution is 2.36. The monoisotopic (exact) mass is 292 g/mol. The number of hydrogen-bond acceptors (Lipinski definition) is 4. The minimum atomic E-state index is -0.286. The molecule has 4 heteroatoms. The number of carbonyl (C=O) groups excluding carboxylic acids is 2. The van der Waals surface area contributed by atoms with Crippen LogP contribution in [0.5, 0.6) is 0 Å². The van der Waals surface area contributed by atoms with Crippen molar-refractivity contribution in [1.82, 2.24) is 0 Å². The van der Waals surface area contributed by atoms with E-state index in [4.69, 9.17) is 9.47 Å². The van der Waals surface area contributed by atoms with Crippen molar-refractivity contribution in [2.75, 3.05) is 0 Å². The molecule has 0 N–H and O–H groups in total. The fraction of sp³-hybridized carbons (Fsp3) is 0.647. The lowest BCUT2D eigenvalue weighted by atomic mass is 9.83. The molecule has 4 atom stereocenters. The van der Waals surface area contributed by atoms with Crippen molar-refractivity contribution in [3.8, 4) is 0 Å². The molecule has 0 saturated carbocycles. The van der Waals surface area contributed by atoms with Crippen LogP contribution in [0.15, 0.2) is 23.3 Å². The molecule has 0 aromatic rings. The van der Waals surface area contributed by atoms with Gasteiger partial charge in [0.2, 0.25) is 0 Å². The number of fused-ring (bicyclic) bond motifs is 1. The maximum Gasteiger partial charge on any atom is 0.309 e. The predicted octanol–water partition coefficient (Wildman–Crippen LogP) is 3.17. The van der Waals surface area contributed by atoms with E-state index in [-0.39, 0.29) is 36.0 Å². The van der Waals surface area contributed by atoms with Crippen molar-refractivity contribution in [2.45, 2.75) is 59.2 Å². The second kappa shape index (κ2) is 6.46. The first-order valence-corrected chi connectivity index (χ1v) is 7.60. The van der Waals surface area contributed by atoms with Crippen LogP contribution in [0.4, 0.5) is 0 Å². The fourth-order valence-electron chi connectivity index (χ4n) is 3.08. The van der Waals surface area contributed by atoms with Crippen LogP contribution in [0, 0.1) is 11.8 Å². The third-order valence-electron chi connectivity index (χ3n) is 4.44. The Hall–Kier alpha value is -1.58. The first kappa shape index (κ1) is 15.8. The molecular weight excluding hydrogens is 268 g/mol. The molecule has 1 unspecified atom stereocenters. The summed E-state index contributed by atoms with van der Waals surface area (Å²) >= 11 is 0. The number of esters is 2. The van der Waals surface area contributed by atoms with Gasteiger partial charge in [-0.3, -0.25) is 9.59 Å². The minimum absolute atomic E-state index is 0.0539. The molecular formula is C17H24O4. The largest absolute Gasteiger partial charge is 0.458 e. The van der Waals surface area contributed by atoms with E-state index in [9.17, 15) is 9.59 Å². The third kappa shape index (κ3) is 3.74. The Bertz CT molecular complexity index is 489. The van der Waals surface area contributed by atoms with Crippen molar-refractivity contribution < 1.29 is 19.1 Å². The van der Waals surface area contributed by atoms with Gasteiger partial charge in [0.1, 0.15) is 12.2 Å². The molecule has 116 valence electrons.